The number of nitrogens with one attached hydrogen (secondary N) is 1. The molecular weight excluding hydrogens is 308 g/mol. The van der Waals surface area contributed by atoms with Crippen molar-refractivity contribution < 1.29 is 4.79 Å². The largest absolute Gasteiger partial charge is 0.345 e. The number of hydrogen-bond acceptors (Lipinski definition) is 2. The van der Waals surface area contributed by atoms with Gasteiger partial charge in [0.05, 0.1) is 0 Å². The zero-order valence-electron chi connectivity index (χ0n) is 13.5. The van der Waals surface area contributed by atoms with Crippen LogP contribution in [0.5, 0.6) is 0 Å². The highest BCUT2D eigenvalue weighted by atomic mass is 16.1. The fraction of sp³-hybridized carbons (Fsp3) is 0. The lowest BCUT2D eigenvalue weighted by Crippen LogP contribution is -2.02. The Bertz CT molecular complexity index is 991. The van der Waals surface area contributed by atoms with Crippen molar-refractivity contribution in [3.05, 3.63) is 102 Å². The molecule has 0 aliphatic carbocycles. The van der Waals surface area contributed by atoms with Gasteiger partial charge in [-0.3, -0.25) is 4.79 Å². The van der Waals surface area contributed by atoms with Crippen LogP contribution in [0.15, 0.2) is 91.3 Å². The third kappa shape index (κ3) is 3.00. The fourth-order valence-corrected chi connectivity index (χ4v) is 2.92. The van der Waals surface area contributed by atoms with Crippen LogP contribution < -0.4 is 0 Å². The third-order valence-corrected chi connectivity index (χ3v) is 4.16. The highest BCUT2D eigenvalue weighted by molar-refractivity contribution is 6.10. The molecule has 0 saturated carbocycles. The van der Waals surface area contributed by atoms with Gasteiger partial charge < -0.3 is 4.98 Å². The fourth-order valence-electron chi connectivity index (χ4n) is 2.92. The Labute approximate surface area is 146 Å². The van der Waals surface area contributed by atoms with Gasteiger partial charge in [-0.25, -0.2) is 4.98 Å². The van der Waals surface area contributed by atoms with E-state index in [1.165, 1.54) is 0 Å². The Balaban J connectivity index is 1.85. The van der Waals surface area contributed by atoms with Crippen LogP contribution in [0.3, 0.4) is 0 Å². The predicted octanol–water partition coefficient (Wildman–Crippen LogP) is 4.97. The van der Waals surface area contributed by atoms with E-state index in [4.69, 9.17) is 0 Å². The minimum atomic E-state index is 0.0174. The molecule has 4 rings (SSSR count). The summed E-state index contributed by atoms with van der Waals surface area (Å²) in [4.78, 5) is 20.3. The summed E-state index contributed by atoms with van der Waals surface area (Å²) in [5.41, 5.74) is 4.36. The molecule has 1 heterocycles. The van der Waals surface area contributed by atoms with Crippen molar-refractivity contribution in [3.63, 3.8) is 0 Å². The molecule has 0 spiro atoms. The second-order valence-corrected chi connectivity index (χ2v) is 5.76. The normalized spacial score (nSPS) is 10.6. The van der Waals surface area contributed by atoms with E-state index in [9.17, 15) is 4.79 Å². The summed E-state index contributed by atoms with van der Waals surface area (Å²) >= 11 is 0. The number of aromatic nitrogens is 2. The van der Waals surface area contributed by atoms with Gasteiger partial charge in [-0.2, -0.15) is 0 Å². The van der Waals surface area contributed by atoms with E-state index in [-0.39, 0.29) is 5.78 Å². The van der Waals surface area contributed by atoms with Gasteiger partial charge in [0, 0.05) is 29.1 Å². The summed E-state index contributed by atoms with van der Waals surface area (Å²) in [7, 11) is 0. The second-order valence-electron chi connectivity index (χ2n) is 5.76. The van der Waals surface area contributed by atoms with Crippen molar-refractivity contribution in [3.8, 4) is 22.5 Å². The first-order valence-corrected chi connectivity index (χ1v) is 8.12. The van der Waals surface area contributed by atoms with Gasteiger partial charge in [0.1, 0.15) is 5.82 Å². The number of hydrogen-bond donors (Lipinski definition) is 1. The minimum Gasteiger partial charge on any atom is -0.345 e. The van der Waals surface area contributed by atoms with Crippen molar-refractivity contribution >= 4 is 5.78 Å². The Morgan fingerprint density at radius 3 is 2.16 bits per heavy atom. The molecular formula is C22H16N2O. The number of carbonyl (C=O) groups is 1. The molecule has 3 nitrogen and oxygen atoms in total. The Morgan fingerprint density at radius 2 is 1.48 bits per heavy atom. The van der Waals surface area contributed by atoms with Crippen LogP contribution >= 0.6 is 0 Å². The van der Waals surface area contributed by atoms with E-state index < -0.39 is 0 Å². The Morgan fingerprint density at radius 1 is 0.760 bits per heavy atom. The van der Waals surface area contributed by atoms with Crippen LogP contribution in [0.25, 0.3) is 22.5 Å². The van der Waals surface area contributed by atoms with Crippen LogP contribution in [0, 0.1) is 0 Å². The van der Waals surface area contributed by atoms with E-state index in [0.29, 0.717) is 11.1 Å². The topological polar surface area (TPSA) is 45.8 Å². The number of rotatable bonds is 4. The molecule has 0 saturated heterocycles. The first kappa shape index (κ1) is 15.1. The van der Waals surface area contributed by atoms with Gasteiger partial charge in [-0.05, 0) is 23.3 Å². The molecule has 0 unspecified atom stereocenters. The monoisotopic (exact) mass is 324 g/mol. The van der Waals surface area contributed by atoms with Crippen LogP contribution in [-0.4, -0.2) is 15.8 Å². The first-order valence-electron chi connectivity index (χ1n) is 8.12. The molecule has 0 aliphatic heterocycles. The molecule has 0 fully saturated rings. The zero-order chi connectivity index (χ0) is 17.1. The zero-order valence-corrected chi connectivity index (χ0v) is 13.5. The summed E-state index contributed by atoms with van der Waals surface area (Å²) in [5, 5.41) is 0. The number of ketones is 1. The molecule has 3 heteroatoms. The summed E-state index contributed by atoms with van der Waals surface area (Å²) in [6, 6.07) is 25.2. The quantitative estimate of drug-likeness (QED) is 0.538. The van der Waals surface area contributed by atoms with Gasteiger partial charge in [0.15, 0.2) is 5.78 Å². The van der Waals surface area contributed by atoms with E-state index in [1.807, 2.05) is 78.9 Å². The van der Waals surface area contributed by atoms with E-state index in [0.717, 1.165) is 22.5 Å². The number of imidazole rings is 1. The average molecular weight is 324 g/mol. The number of aromatic amines is 1. The van der Waals surface area contributed by atoms with Gasteiger partial charge in [-0.1, -0.05) is 66.7 Å². The van der Waals surface area contributed by atoms with Crippen molar-refractivity contribution in [2.75, 3.05) is 0 Å². The molecule has 0 amide bonds. The van der Waals surface area contributed by atoms with E-state index in [2.05, 4.69) is 9.97 Å². The van der Waals surface area contributed by atoms with Crippen molar-refractivity contribution in [1.82, 2.24) is 9.97 Å². The molecule has 3 aromatic carbocycles. The van der Waals surface area contributed by atoms with Crippen LogP contribution in [0.1, 0.15) is 15.9 Å². The molecule has 0 aliphatic rings. The SMILES string of the molecule is O=C(c1ccccc1)c1ccc(-c2ncc[nH]2)c(-c2ccccc2)c1. The van der Waals surface area contributed by atoms with Crippen LogP contribution in [0.4, 0.5) is 0 Å². The lowest BCUT2D eigenvalue weighted by molar-refractivity contribution is 0.103. The van der Waals surface area contributed by atoms with Crippen LogP contribution in [0.2, 0.25) is 0 Å². The summed E-state index contributed by atoms with van der Waals surface area (Å²) in [6.07, 6.45) is 3.53. The van der Waals surface area contributed by atoms with E-state index >= 15 is 0 Å². The molecule has 1 aromatic heterocycles. The van der Waals surface area contributed by atoms with Gasteiger partial charge in [0.2, 0.25) is 0 Å². The van der Waals surface area contributed by atoms with Crippen molar-refractivity contribution in [2.45, 2.75) is 0 Å². The average Bonchev–Trinajstić information content (AvgIpc) is 3.23. The molecule has 120 valence electrons. The van der Waals surface area contributed by atoms with Gasteiger partial charge >= 0.3 is 0 Å². The number of nitrogens with zero attached hydrogens (tertiary/aromatic N) is 1. The van der Waals surface area contributed by atoms with E-state index in [1.54, 1.807) is 12.4 Å². The molecule has 25 heavy (non-hydrogen) atoms. The Hall–Kier alpha value is -3.46. The maximum absolute atomic E-state index is 12.8. The minimum absolute atomic E-state index is 0.0174. The number of H-pyrrole nitrogens is 1. The maximum atomic E-state index is 12.8. The molecule has 0 radical (unpaired) electrons. The van der Waals surface area contributed by atoms with Gasteiger partial charge in [0.25, 0.3) is 0 Å². The smallest absolute Gasteiger partial charge is 0.193 e. The third-order valence-electron chi connectivity index (χ3n) is 4.16. The summed E-state index contributed by atoms with van der Waals surface area (Å²) < 4.78 is 0. The molecule has 1 N–H and O–H groups in total. The lowest BCUT2D eigenvalue weighted by Gasteiger charge is -2.11. The summed E-state index contributed by atoms with van der Waals surface area (Å²) in [5.74, 6) is 0.807. The first-order chi connectivity index (χ1) is 12.3. The maximum Gasteiger partial charge on any atom is 0.193 e. The molecule has 0 bridgehead atoms. The lowest BCUT2D eigenvalue weighted by atomic mass is 9.94. The Kier molecular flexibility index (Phi) is 3.97. The second kappa shape index (κ2) is 6.57. The highest BCUT2D eigenvalue weighted by Gasteiger charge is 2.14. The molecule has 4 aromatic rings. The van der Waals surface area contributed by atoms with Crippen LogP contribution in [-0.2, 0) is 0 Å². The highest BCUT2D eigenvalue weighted by Crippen LogP contribution is 2.31. The molecule has 0 atom stereocenters. The predicted molar refractivity (Wildman–Crippen MR) is 99.3 cm³/mol. The van der Waals surface area contributed by atoms with Crippen molar-refractivity contribution in [2.24, 2.45) is 0 Å². The number of carbonyl (C=O) groups excluding carboxylic acids is 1. The number of benzene rings is 3. The van der Waals surface area contributed by atoms with Crippen molar-refractivity contribution in [1.29, 1.82) is 0 Å². The standard InChI is InChI=1S/C22H16N2O/c25-21(17-9-5-2-6-10-17)18-11-12-19(22-23-13-14-24-22)20(15-18)16-7-3-1-4-8-16/h1-15H,(H,23,24). The summed E-state index contributed by atoms with van der Waals surface area (Å²) in [6.45, 7) is 0. The van der Waals surface area contributed by atoms with Gasteiger partial charge in [-0.15, -0.1) is 0 Å².